The molecule has 0 saturated carbocycles. The van der Waals surface area contributed by atoms with Gasteiger partial charge in [-0.1, -0.05) is 46.6 Å². The molecule has 0 aliphatic heterocycles. The molecule has 0 amide bonds. The van der Waals surface area contributed by atoms with E-state index in [1.165, 1.54) is 6.07 Å². The van der Waals surface area contributed by atoms with Gasteiger partial charge in [0.15, 0.2) is 0 Å². The lowest BCUT2D eigenvalue weighted by atomic mass is 10.1. The van der Waals surface area contributed by atoms with E-state index in [2.05, 4.69) is 15.5 Å². The van der Waals surface area contributed by atoms with Crippen molar-refractivity contribution >= 4 is 23.2 Å². The monoisotopic (exact) mass is 393 g/mol. The molecule has 0 fully saturated rings. The highest BCUT2D eigenvalue weighted by Crippen LogP contribution is 2.28. The van der Waals surface area contributed by atoms with Crippen LogP contribution in [0.2, 0.25) is 10.0 Å². The molecule has 3 aromatic rings. The Balaban J connectivity index is 1.75. The van der Waals surface area contributed by atoms with Gasteiger partial charge in [0, 0.05) is 21.7 Å². The molecule has 4 nitrogen and oxygen atoms in total. The van der Waals surface area contributed by atoms with Crippen molar-refractivity contribution in [2.75, 3.05) is 0 Å². The van der Waals surface area contributed by atoms with Crippen LogP contribution in [0.3, 0.4) is 0 Å². The highest BCUT2D eigenvalue weighted by Gasteiger charge is 2.19. The van der Waals surface area contributed by atoms with E-state index in [1.54, 1.807) is 31.2 Å². The second-order valence-electron chi connectivity index (χ2n) is 6.20. The predicted molar refractivity (Wildman–Crippen MR) is 101 cm³/mol. The summed E-state index contributed by atoms with van der Waals surface area (Å²) in [7, 11) is 0. The molecular formula is C19H18Cl2FN3O. The lowest BCUT2D eigenvalue weighted by molar-refractivity contribution is 0.328. The van der Waals surface area contributed by atoms with E-state index in [1.807, 2.05) is 19.9 Å². The van der Waals surface area contributed by atoms with Crippen molar-refractivity contribution in [3.8, 4) is 11.4 Å². The minimum absolute atomic E-state index is 0.0538. The topological polar surface area (TPSA) is 51.0 Å². The summed E-state index contributed by atoms with van der Waals surface area (Å²) in [4.78, 5) is 4.37. The molecule has 0 saturated heterocycles. The van der Waals surface area contributed by atoms with Crippen LogP contribution >= 0.6 is 23.2 Å². The summed E-state index contributed by atoms with van der Waals surface area (Å²) in [5.41, 5.74) is 2.06. The summed E-state index contributed by atoms with van der Waals surface area (Å²) in [6.07, 6.45) is 0. The van der Waals surface area contributed by atoms with Gasteiger partial charge in [0.05, 0.1) is 6.04 Å². The van der Waals surface area contributed by atoms with Crippen LogP contribution in [-0.4, -0.2) is 10.1 Å². The fourth-order valence-corrected chi connectivity index (χ4v) is 3.22. The number of halogens is 3. The van der Waals surface area contributed by atoms with Crippen molar-refractivity contribution in [1.82, 2.24) is 15.5 Å². The van der Waals surface area contributed by atoms with Crippen LogP contribution in [0.25, 0.3) is 11.4 Å². The highest BCUT2D eigenvalue weighted by molar-refractivity contribution is 6.35. The summed E-state index contributed by atoms with van der Waals surface area (Å²) < 4.78 is 19.1. The standard InChI is InChI=1S/C19H18Cl2FN3O/c1-10-4-5-13(8-17(10)22)18-24-19(26-25-18)12(3)23-11(2)15-7-6-14(20)9-16(15)21/h4-9,11-12,23H,1-3H3. The number of aromatic nitrogens is 2. The molecule has 26 heavy (non-hydrogen) atoms. The molecule has 2 unspecified atom stereocenters. The van der Waals surface area contributed by atoms with Gasteiger partial charge in [-0.25, -0.2) is 4.39 Å². The smallest absolute Gasteiger partial charge is 0.243 e. The SMILES string of the molecule is Cc1ccc(-c2noc(C(C)NC(C)c3ccc(Cl)cc3Cl)n2)cc1F. The minimum atomic E-state index is -0.300. The third-order valence-corrected chi connectivity index (χ3v) is 4.73. The first kappa shape index (κ1) is 18.8. The number of nitrogens with one attached hydrogen (secondary N) is 1. The lowest BCUT2D eigenvalue weighted by Crippen LogP contribution is -2.23. The van der Waals surface area contributed by atoms with E-state index in [9.17, 15) is 4.39 Å². The lowest BCUT2D eigenvalue weighted by Gasteiger charge is -2.19. The van der Waals surface area contributed by atoms with Crippen LogP contribution in [0.5, 0.6) is 0 Å². The molecule has 1 aromatic heterocycles. The summed E-state index contributed by atoms with van der Waals surface area (Å²) in [5, 5.41) is 8.49. The molecule has 1 heterocycles. The third-order valence-electron chi connectivity index (χ3n) is 4.17. The molecule has 2 aromatic carbocycles. The Morgan fingerprint density at radius 3 is 2.54 bits per heavy atom. The van der Waals surface area contributed by atoms with Gasteiger partial charge in [-0.2, -0.15) is 4.98 Å². The molecule has 3 rings (SSSR count). The van der Waals surface area contributed by atoms with Crippen molar-refractivity contribution in [2.24, 2.45) is 0 Å². The number of hydrogen-bond donors (Lipinski definition) is 1. The number of rotatable bonds is 5. The molecule has 7 heteroatoms. The van der Waals surface area contributed by atoms with Crippen molar-refractivity contribution < 1.29 is 8.91 Å². The van der Waals surface area contributed by atoms with Gasteiger partial charge in [0.2, 0.25) is 11.7 Å². The van der Waals surface area contributed by atoms with Gasteiger partial charge in [-0.15, -0.1) is 0 Å². The first-order valence-electron chi connectivity index (χ1n) is 8.16. The summed E-state index contributed by atoms with van der Waals surface area (Å²) in [6, 6.07) is 9.96. The molecule has 0 aliphatic carbocycles. The Morgan fingerprint density at radius 1 is 1.08 bits per heavy atom. The van der Waals surface area contributed by atoms with Gasteiger partial charge in [-0.05, 0) is 50.1 Å². The highest BCUT2D eigenvalue weighted by atomic mass is 35.5. The maximum Gasteiger partial charge on any atom is 0.243 e. The Labute approximate surface area is 161 Å². The van der Waals surface area contributed by atoms with E-state index in [-0.39, 0.29) is 17.9 Å². The largest absolute Gasteiger partial charge is 0.337 e. The van der Waals surface area contributed by atoms with Crippen LogP contribution in [-0.2, 0) is 0 Å². The molecule has 136 valence electrons. The van der Waals surface area contributed by atoms with Crippen molar-refractivity contribution in [3.63, 3.8) is 0 Å². The van der Waals surface area contributed by atoms with Gasteiger partial charge in [-0.3, -0.25) is 5.32 Å². The van der Waals surface area contributed by atoms with Gasteiger partial charge in [0.1, 0.15) is 5.82 Å². The zero-order valence-electron chi connectivity index (χ0n) is 14.6. The summed E-state index contributed by atoms with van der Waals surface area (Å²) in [6.45, 7) is 5.60. The molecule has 2 atom stereocenters. The zero-order chi connectivity index (χ0) is 18.8. The predicted octanol–water partition coefficient (Wildman–Crippen LogP) is 5.90. The summed E-state index contributed by atoms with van der Waals surface area (Å²) in [5.74, 6) is 0.466. The number of hydrogen-bond acceptors (Lipinski definition) is 4. The van der Waals surface area contributed by atoms with Crippen LogP contribution in [0, 0.1) is 12.7 Å². The molecular weight excluding hydrogens is 376 g/mol. The summed E-state index contributed by atoms with van der Waals surface area (Å²) >= 11 is 12.2. The Morgan fingerprint density at radius 2 is 1.85 bits per heavy atom. The van der Waals surface area contributed by atoms with Gasteiger partial charge in [0.25, 0.3) is 0 Å². The molecule has 0 aliphatic rings. The average Bonchev–Trinajstić information content (AvgIpc) is 3.07. The maximum atomic E-state index is 13.7. The Kier molecular flexibility index (Phi) is 5.61. The van der Waals surface area contributed by atoms with Crippen LogP contribution < -0.4 is 5.32 Å². The molecule has 0 spiro atoms. The Bertz CT molecular complexity index is 929. The molecule has 1 N–H and O–H groups in total. The molecule has 0 radical (unpaired) electrons. The third kappa shape index (κ3) is 4.06. The van der Waals surface area contributed by atoms with E-state index < -0.39 is 0 Å². The van der Waals surface area contributed by atoms with Crippen molar-refractivity contribution in [3.05, 3.63) is 69.3 Å². The fraction of sp³-hybridized carbons (Fsp3) is 0.263. The Hall–Kier alpha value is -1.95. The first-order chi connectivity index (χ1) is 12.3. The normalized spacial score (nSPS) is 13.6. The van der Waals surface area contributed by atoms with E-state index >= 15 is 0 Å². The maximum absolute atomic E-state index is 13.7. The molecule has 0 bridgehead atoms. The number of aryl methyl sites for hydroxylation is 1. The number of nitrogens with zero attached hydrogens (tertiary/aromatic N) is 2. The first-order valence-corrected chi connectivity index (χ1v) is 8.92. The van der Waals surface area contributed by atoms with Crippen LogP contribution in [0.1, 0.15) is 42.9 Å². The van der Waals surface area contributed by atoms with Gasteiger partial charge < -0.3 is 4.52 Å². The average molecular weight is 394 g/mol. The van der Waals surface area contributed by atoms with E-state index in [0.717, 1.165) is 5.56 Å². The minimum Gasteiger partial charge on any atom is -0.337 e. The van der Waals surface area contributed by atoms with Crippen LogP contribution in [0.4, 0.5) is 4.39 Å². The second-order valence-corrected chi connectivity index (χ2v) is 7.04. The zero-order valence-corrected chi connectivity index (χ0v) is 16.1. The van der Waals surface area contributed by atoms with E-state index in [0.29, 0.717) is 32.9 Å². The quantitative estimate of drug-likeness (QED) is 0.585. The van der Waals surface area contributed by atoms with Crippen LogP contribution in [0.15, 0.2) is 40.9 Å². The van der Waals surface area contributed by atoms with Crippen molar-refractivity contribution in [2.45, 2.75) is 32.9 Å². The van der Waals surface area contributed by atoms with Gasteiger partial charge >= 0.3 is 0 Å². The number of benzene rings is 2. The van der Waals surface area contributed by atoms with E-state index in [4.69, 9.17) is 27.7 Å². The second kappa shape index (κ2) is 7.74. The fourth-order valence-electron chi connectivity index (χ4n) is 2.65. The van der Waals surface area contributed by atoms with Crippen molar-refractivity contribution in [1.29, 1.82) is 0 Å².